The summed E-state index contributed by atoms with van der Waals surface area (Å²) in [5.74, 6) is 10.7. The molecule has 2 aliphatic carbocycles. The van der Waals surface area contributed by atoms with Crippen LogP contribution in [0.5, 0.6) is 5.75 Å². The Balaban J connectivity index is 1.66. The van der Waals surface area contributed by atoms with Crippen molar-refractivity contribution in [3.63, 3.8) is 0 Å². The van der Waals surface area contributed by atoms with Crippen LogP contribution in [0, 0.1) is 29.6 Å². The predicted octanol–water partition coefficient (Wildman–Crippen LogP) is 3.08. The molecule has 0 aromatic heterocycles. The minimum absolute atomic E-state index is 0.0280. The number of allylic oxidation sites excluding steroid dienone is 2. The second-order valence-electron chi connectivity index (χ2n) is 9.48. The molecule has 4 aliphatic rings. The Labute approximate surface area is 203 Å². The van der Waals surface area contributed by atoms with E-state index in [4.69, 9.17) is 4.74 Å². The molecule has 0 radical (unpaired) electrons. The smallest absolute Gasteiger partial charge is 0.198 e. The third-order valence-electron chi connectivity index (χ3n) is 7.74. The molecule has 0 unspecified atom stereocenters. The van der Waals surface area contributed by atoms with Crippen LogP contribution in [0.1, 0.15) is 63.7 Å². The number of nitrogens with one attached hydrogen (secondary N) is 1. The molecule has 0 amide bonds. The maximum Gasteiger partial charge on any atom is 0.198 e. The summed E-state index contributed by atoms with van der Waals surface area (Å²) >= 11 is 0. The Morgan fingerprint density at radius 2 is 1.80 bits per heavy atom. The number of aromatic hydroxyl groups is 1. The summed E-state index contributed by atoms with van der Waals surface area (Å²) in [5, 5.41) is 25.3. The minimum Gasteiger partial charge on any atom is -0.507 e. The van der Waals surface area contributed by atoms with Crippen molar-refractivity contribution < 1.29 is 24.5 Å². The number of carbonyl (C=O) groups is 2. The molecule has 1 saturated heterocycles. The fraction of sp³-hybridized carbons (Fsp3) is 0.310. The molecule has 5 atom stereocenters. The van der Waals surface area contributed by atoms with E-state index in [1.54, 1.807) is 31.2 Å². The summed E-state index contributed by atoms with van der Waals surface area (Å²) in [6.45, 7) is 5.50. The molecule has 3 N–H and O–H groups in total. The zero-order chi connectivity index (χ0) is 24.7. The molecule has 1 fully saturated rings. The van der Waals surface area contributed by atoms with E-state index in [1.807, 2.05) is 19.9 Å². The van der Waals surface area contributed by atoms with Crippen LogP contribution in [0.25, 0.3) is 0 Å². The van der Waals surface area contributed by atoms with Crippen molar-refractivity contribution in [3.05, 3.63) is 69.8 Å². The van der Waals surface area contributed by atoms with E-state index in [1.165, 1.54) is 6.07 Å². The van der Waals surface area contributed by atoms with E-state index >= 15 is 0 Å². The van der Waals surface area contributed by atoms with Gasteiger partial charge in [0.05, 0.1) is 28.8 Å². The van der Waals surface area contributed by atoms with Gasteiger partial charge in [0.15, 0.2) is 17.2 Å². The Kier molecular flexibility index (Phi) is 4.39. The van der Waals surface area contributed by atoms with Gasteiger partial charge < -0.3 is 20.3 Å². The van der Waals surface area contributed by atoms with E-state index in [9.17, 15) is 19.8 Å². The average molecular weight is 466 g/mol. The van der Waals surface area contributed by atoms with Crippen LogP contribution in [-0.2, 0) is 16.8 Å². The Bertz CT molecular complexity index is 1510. The standard InChI is InChI=1S/C29H23NO5/c1-4-17-11-12-18-19(13-17)27(34)23-21(32)14-20-25(24(23)26(18)33)30-22-10-8-6-5-7-9-15(2)28(20)29(22,35-28)16(3)31/h5-6,11-16,22,30-32H,4H2,1-3H3/b6-5-/t15-,16+,22-,28+,29-/m0/s1. The Hall–Kier alpha value is -3.84. The van der Waals surface area contributed by atoms with Gasteiger partial charge >= 0.3 is 0 Å². The maximum atomic E-state index is 13.8. The lowest BCUT2D eigenvalue weighted by atomic mass is 9.67. The van der Waals surface area contributed by atoms with Gasteiger partial charge in [0.2, 0.25) is 0 Å². The molecule has 174 valence electrons. The molecule has 2 aromatic carbocycles. The third-order valence-corrected chi connectivity index (χ3v) is 7.74. The molecule has 2 bridgehead atoms. The molecule has 2 aromatic rings. The van der Waals surface area contributed by atoms with E-state index in [-0.39, 0.29) is 22.7 Å². The molecule has 0 saturated carbocycles. The zero-order valence-corrected chi connectivity index (χ0v) is 19.5. The van der Waals surface area contributed by atoms with Gasteiger partial charge in [-0.05, 0) is 50.1 Å². The lowest BCUT2D eigenvalue weighted by Crippen LogP contribution is -2.53. The van der Waals surface area contributed by atoms with Crippen molar-refractivity contribution in [1.29, 1.82) is 0 Å². The van der Waals surface area contributed by atoms with Gasteiger partial charge in [0.25, 0.3) is 0 Å². The first kappa shape index (κ1) is 21.7. The number of anilines is 1. The summed E-state index contributed by atoms with van der Waals surface area (Å²) in [5.41, 5.74) is 0.230. The molecular weight excluding hydrogens is 442 g/mol. The number of hydrogen-bond acceptors (Lipinski definition) is 6. The van der Waals surface area contributed by atoms with Crippen LogP contribution < -0.4 is 5.32 Å². The van der Waals surface area contributed by atoms with Crippen molar-refractivity contribution in [3.8, 4) is 29.4 Å². The quantitative estimate of drug-likeness (QED) is 0.306. The summed E-state index contributed by atoms with van der Waals surface area (Å²) in [6.07, 6.45) is 3.07. The van der Waals surface area contributed by atoms with E-state index < -0.39 is 35.0 Å². The average Bonchev–Trinajstić information content (AvgIpc) is 3.57. The summed E-state index contributed by atoms with van der Waals surface area (Å²) in [7, 11) is 0. The van der Waals surface area contributed by atoms with Crippen LogP contribution in [0.15, 0.2) is 36.4 Å². The lowest BCUT2D eigenvalue weighted by molar-refractivity contribution is 0.0868. The number of aryl methyl sites for hydroxylation is 1. The third kappa shape index (κ3) is 2.53. The second-order valence-corrected chi connectivity index (χ2v) is 9.48. The van der Waals surface area contributed by atoms with Gasteiger partial charge in [-0.1, -0.05) is 42.7 Å². The maximum absolute atomic E-state index is 13.8. The Morgan fingerprint density at radius 1 is 1.09 bits per heavy atom. The SMILES string of the molecule is CCc1ccc2c(c1)C(=O)c1c(O)cc3c(c1C2=O)N[C@H]1C#C/C=C\C#C[C@H](C)[C@@]32O[C@@]12[C@@H](C)O. The highest BCUT2D eigenvalue weighted by Crippen LogP contribution is 2.68. The van der Waals surface area contributed by atoms with Gasteiger partial charge in [-0.15, -0.1) is 0 Å². The number of ether oxygens (including phenoxy) is 1. The van der Waals surface area contributed by atoms with Crippen LogP contribution in [0.3, 0.4) is 0 Å². The molecule has 35 heavy (non-hydrogen) atoms. The molecular formula is C29H23NO5. The highest BCUT2D eigenvalue weighted by atomic mass is 16.6. The number of phenolic OH excluding ortho intramolecular Hbond substituents is 1. The monoisotopic (exact) mass is 465 g/mol. The van der Waals surface area contributed by atoms with Crippen molar-refractivity contribution in [2.45, 2.75) is 50.5 Å². The first-order valence-corrected chi connectivity index (χ1v) is 11.7. The lowest BCUT2D eigenvalue weighted by Gasteiger charge is -2.38. The summed E-state index contributed by atoms with van der Waals surface area (Å²) in [6, 6.07) is 6.04. The molecule has 6 heteroatoms. The topological polar surface area (TPSA) is 99.2 Å². The zero-order valence-electron chi connectivity index (χ0n) is 19.5. The number of phenols is 1. The molecule has 6 nitrogen and oxygen atoms in total. The van der Waals surface area contributed by atoms with Crippen LogP contribution in [0.2, 0.25) is 0 Å². The Morgan fingerprint density at radius 3 is 2.51 bits per heavy atom. The molecule has 2 heterocycles. The predicted molar refractivity (Wildman–Crippen MR) is 129 cm³/mol. The first-order valence-electron chi connectivity index (χ1n) is 11.7. The van der Waals surface area contributed by atoms with Gasteiger partial charge in [0.1, 0.15) is 17.4 Å². The van der Waals surface area contributed by atoms with Crippen LogP contribution in [0.4, 0.5) is 5.69 Å². The van der Waals surface area contributed by atoms with Crippen molar-refractivity contribution >= 4 is 17.3 Å². The number of hydrogen-bond donors (Lipinski definition) is 3. The molecule has 2 aliphatic heterocycles. The fourth-order valence-corrected chi connectivity index (χ4v) is 6.00. The van der Waals surface area contributed by atoms with E-state index in [0.29, 0.717) is 28.8 Å². The molecule has 6 rings (SSSR count). The normalized spacial score (nSPS) is 30.5. The number of aliphatic hydroxyl groups is 1. The minimum atomic E-state index is -1.14. The van der Waals surface area contributed by atoms with Gasteiger partial charge in [-0.2, -0.15) is 0 Å². The number of carbonyl (C=O) groups excluding carboxylic acids is 2. The number of rotatable bonds is 2. The largest absolute Gasteiger partial charge is 0.507 e. The van der Waals surface area contributed by atoms with Crippen molar-refractivity contribution in [2.75, 3.05) is 5.32 Å². The number of benzene rings is 2. The van der Waals surface area contributed by atoms with Crippen molar-refractivity contribution in [1.82, 2.24) is 0 Å². The summed E-state index contributed by atoms with van der Waals surface area (Å²) in [4.78, 5) is 27.4. The number of epoxide rings is 1. The highest BCUT2D eigenvalue weighted by molar-refractivity contribution is 6.31. The van der Waals surface area contributed by atoms with Gasteiger partial charge in [-0.25, -0.2) is 0 Å². The number of aliphatic hydroxyl groups excluding tert-OH is 1. The fourth-order valence-electron chi connectivity index (χ4n) is 6.00. The second kappa shape index (κ2) is 7.09. The van der Waals surface area contributed by atoms with Gasteiger partial charge in [0, 0.05) is 16.7 Å². The number of fused-ring (bicyclic) bond motifs is 4. The van der Waals surface area contributed by atoms with Crippen LogP contribution in [-0.4, -0.2) is 39.5 Å². The van der Waals surface area contributed by atoms with Crippen LogP contribution >= 0.6 is 0 Å². The van der Waals surface area contributed by atoms with Crippen molar-refractivity contribution in [2.24, 2.45) is 5.92 Å². The first-order chi connectivity index (χ1) is 16.8. The van der Waals surface area contributed by atoms with Gasteiger partial charge in [-0.3, -0.25) is 9.59 Å². The summed E-state index contributed by atoms with van der Waals surface area (Å²) < 4.78 is 6.40. The van der Waals surface area contributed by atoms with E-state index in [2.05, 4.69) is 29.0 Å². The molecule has 0 spiro atoms. The number of ketones is 2. The highest BCUT2D eigenvalue weighted by Gasteiger charge is 2.81. The van der Waals surface area contributed by atoms with E-state index in [0.717, 1.165) is 5.56 Å².